The number of carbonyl (C=O) groups is 2. The molecule has 43 heavy (non-hydrogen) atoms. The Hall–Kier alpha value is -3.29. The van der Waals surface area contributed by atoms with E-state index >= 15 is 0 Å². The molecule has 0 amide bonds. The Morgan fingerprint density at radius 1 is 1.26 bits per heavy atom. The average Bonchev–Trinajstić information content (AvgIpc) is 3.47. The fraction of sp³-hybridized carbons (Fsp3) is 0.533. The summed E-state index contributed by atoms with van der Waals surface area (Å²) in [6.07, 6.45) is 4.00. The molecule has 1 fully saturated rings. The van der Waals surface area contributed by atoms with Gasteiger partial charge in [0.15, 0.2) is 10.8 Å². The summed E-state index contributed by atoms with van der Waals surface area (Å²) in [5.74, 6) is -4.58. The molecule has 0 bridgehead atoms. The number of ether oxygens (including phenoxy) is 1. The third-order valence-corrected chi connectivity index (χ3v) is 8.46. The maximum atomic E-state index is 14.8. The topological polar surface area (TPSA) is 125 Å². The number of halogens is 3. The summed E-state index contributed by atoms with van der Waals surface area (Å²) in [5, 5.41) is 20.4. The fourth-order valence-electron chi connectivity index (χ4n) is 5.14. The van der Waals surface area contributed by atoms with Crippen molar-refractivity contribution in [2.24, 2.45) is 10.4 Å². The molecule has 9 nitrogen and oxygen atoms in total. The third-order valence-electron chi connectivity index (χ3n) is 7.68. The number of unbranched alkanes of at least 4 members (excludes halogenated alkanes) is 1. The molecule has 1 atom stereocenters. The molecule has 1 aliphatic heterocycles. The Morgan fingerprint density at radius 3 is 2.72 bits per heavy atom. The van der Waals surface area contributed by atoms with Gasteiger partial charge in [0.2, 0.25) is 0 Å². The van der Waals surface area contributed by atoms with Gasteiger partial charge in [-0.1, -0.05) is 12.1 Å². The van der Waals surface area contributed by atoms with Gasteiger partial charge in [-0.05, 0) is 68.7 Å². The highest BCUT2D eigenvalue weighted by Gasteiger charge is 2.43. The van der Waals surface area contributed by atoms with Gasteiger partial charge in [-0.3, -0.25) is 9.79 Å². The first-order chi connectivity index (χ1) is 20.5. The first-order valence-electron chi connectivity index (χ1n) is 14.4. The number of nitrogens with one attached hydrogen (secondary N) is 3. The number of hydrogen-bond donors (Lipinski definition) is 4. The van der Waals surface area contributed by atoms with Crippen molar-refractivity contribution >= 4 is 29.1 Å². The quantitative estimate of drug-likeness (QED) is 0.148. The average molecular weight is 622 g/mol. The molecular formula is C30H38F3N5O4S. The first kappa shape index (κ1) is 32.6. The highest BCUT2D eigenvalue weighted by Crippen LogP contribution is 2.48. The molecular weight excluding hydrogens is 583 g/mol. The van der Waals surface area contributed by atoms with E-state index in [1.165, 1.54) is 23.5 Å². The number of benzene rings is 1. The van der Waals surface area contributed by atoms with Gasteiger partial charge in [-0.2, -0.15) is 0 Å². The predicted molar refractivity (Wildman–Crippen MR) is 158 cm³/mol. The number of rotatable bonds is 17. The van der Waals surface area contributed by atoms with Crippen LogP contribution in [-0.2, 0) is 14.3 Å². The number of aliphatic imine (C=N–C) groups is 1. The Balaban J connectivity index is 1.40. The van der Waals surface area contributed by atoms with Crippen molar-refractivity contribution in [3.8, 4) is 0 Å². The van der Waals surface area contributed by atoms with Crippen LogP contribution in [0.15, 0.2) is 46.0 Å². The second kappa shape index (κ2) is 14.5. The number of alkyl halides is 2. The summed E-state index contributed by atoms with van der Waals surface area (Å²) >= 11 is 1.32. The molecule has 1 aromatic heterocycles. The Bertz CT molecular complexity index is 1350. The zero-order chi connectivity index (χ0) is 31.0. The van der Waals surface area contributed by atoms with Gasteiger partial charge >= 0.3 is 11.9 Å². The van der Waals surface area contributed by atoms with Crippen LogP contribution in [0.5, 0.6) is 0 Å². The molecule has 13 heteroatoms. The van der Waals surface area contributed by atoms with E-state index in [1.54, 1.807) is 31.5 Å². The second-order valence-corrected chi connectivity index (χ2v) is 12.0. The van der Waals surface area contributed by atoms with Crippen molar-refractivity contribution in [2.45, 2.75) is 64.3 Å². The maximum Gasteiger partial charge on any atom is 0.338 e. The van der Waals surface area contributed by atoms with Gasteiger partial charge in [-0.15, -0.1) is 11.3 Å². The van der Waals surface area contributed by atoms with Crippen molar-refractivity contribution in [3.63, 3.8) is 0 Å². The summed E-state index contributed by atoms with van der Waals surface area (Å²) in [6, 6.07) is 3.61. The smallest absolute Gasteiger partial charge is 0.338 e. The standard InChI is InChI=1S/C30H38F3N5O4S/c1-3-42-28(41)24-22(16-35-18-30(32,33)9-4-5-12-34-17-29(10-11-29)15-23(39)40)37-26(27-36-13-14-43-27)38-25(24)20-7-6-8-21(31)19(20)2/h6-8,13-14,25,34-35H,3-5,9-12,15-18H2,1-2H3,(H,37,38)(H,39,40)/t25-/m0/s1. The zero-order valence-corrected chi connectivity index (χ0v) is 25.2. The molecule has 4 rings (SSSR count). The van der Waals surface area contributed by atoms with E-state index in [0.717, 1.165) is 12.8 Å². The molecule has 234 valence electrons. The minimum atomic E-state index is -2.99. The van der Waals surface area contributed by atoms with Crippen LogP contribution in [0.3, 0.4) is 0 Å². The van der Waals surface area contributed by atoms with Crippen LogP contribution in [0.1, 0.15) is 67.6 Å². The molecule has 0 spiro atoms. The van der Waals surface area contributed by atoms with Crippen LogP contribution in [0.2, 0.25) is 0 Å². The van der Waals surface area contributed by atoms with Gasteiger partial charge in [0.25, 0.3) is 5.92 Å². The highest BCUT2D eigenvalue weighted by molar-refractivity contribution is 7.11. The lowest BCUT2D eigenvalue weighted by Gasteiger charge is -2.28. The predicted octanol–water partition coefficient (Wildman–Crippen LogP) is 4.74. The van der Waals surface area contributed by atoms with E-state index < -0.39 is 36.3 Å². The largest absolute Gasteiger partial charge is 0.481 e. The maximum absolute atomic E-state index is 14.8. The zero-order valence-electron chi connectivity index (χ0n) is 24.4. The van der Waals surface area contributed by atoms with Gasteiger partial charge in [0.05, 0.1) is 25.1 Å². The number of thiazole rings is 1. The van der Waals surface area contributed by atoms with E-state index in [-0.39, 0.29) is 37.0 Å². The Labute approximate surface area is 253 Å². The number of esters is 1. The van der Waals surface area contributed by atoms with E-state index in [0.29, 0.717) is 53.6 Å². The van der Waals surface area contributed by atoms with E-state index in [2.05, 4.69) is 20.9 Å². The normalized spacial score (nSPS) is 17.8. The van der Waals surface area contributed by atoms with Gasteiger partial charge < -0.3 is 25.8 Å². The van der Waals surface area contributed by atoms with Gasteiger partial charge in [0, 0.05) is 36.8 Å². The molecule has 0 radical (unpaired) electrons. The third kappa shape index (κ3) is 8.87. The molecule has 1 saturated carbocycles. The van der Waals surface area contributed by atoms with Crippen LogP contribution in [-0.4, -0.2) is 66.6 Å². The number of aliphatic carboxylic acids is 1. The number of aromatic nitrogens is 1. The molecule has 1 aromatic carbocycles. The van der Waals surface area contributed by atoms with Crippen LogP contribution < -0.4 is 16.0 Å². The fourth-order valence-corrected chi connectivity index (χ4v) is 5.73. The molecule has 0 saturated heterocycles. The van der Waals surface area contributed by atoms with Crippen LogP contribution in [0, 0.1) is 18.2 Å². The van der Waals surface area contributed by atoms with Gasteiger partial charge in [-0.25, -0.2) is 22.9 Å². The summed E-state index contributed by atoms with van der Waals surface area (Å²) in [5.41, 5.74) is 1.03. The summed E-state index contributed by atoms with van der Waals surface area (Å²) < 4.78 is 49.5. The van der Waals surface area contributed by atoms with Crippen molar-refractivity contribution < 1.29 is 32.6 Å². The monoisotopic (exact) mass is 621 g/mol. The van der Waals surface area contributed by atoms with Crippen molar-refractivity contribution in [1.29, 1.82) is 0 Å². The second-order valence-electron chi connectivity index (χ2n) is 11.1. The number of hydrogen-bond acceptors (Lipinski definition) is 9. The number of carboxylic acid groups (broad SMARTS) is 1. The molecule has 2 heterocycles. The summed E-state index contributed by atoms with van der Waals surface area (Å²) in [4.78, 5) is 33.2. The Morgan fingerprint density at radius 2 is 2.05 bits per heavy atom. The number of nitrogens with zero attached hydrogens (tertiary/aromatic N) is 2. The number of carbonyl (C=O) groups excluding carboxylic acids is 1. The van der Waals surface area contributed by atoms with Crippen molar-refractivity contribution in [3.05, 3.63) is 63.0 Å². The van der Waals surface area contributed by atoms with Gasteiger partial charge in [0.1, 0.15) is 11.9 Å². The van der Waals surface area contributed by atoms with E-state index in [1.807, 2.05) is 0 Å². The van der Waals surface area contributed by atoms with E-state index in [4.69, 9.17) is 14.8 Å². The minimum Gasteiger partial charge on any atom is -0.481 e. The number of carboxylic acids is 1. The SMILES string of the molecule is CCOC(=O)C1=C(CNCC(F)(F)CCCCNCC2(CC(=O)O)CC2)NC(c2nccs2)=N[C@H]1c1cccc(F)c1C. The molecule has 2 aliphatic rings. The molecule has 2 aromatic rings. The lowest BCUT2D eigenvalue weighted by Crippen LogP contribution is -2.41. The summed E-state index contributed by atoms with van der Waals surface area (Å²) in [6.45, 7) is 3.77. The lowest BCUT2D eigenvalue weighted by molar-refractivity contribution is -0.139. The highest BCUT2D eigenvalue weighted by atomic mass is 32.1. The number of amidine groups is 1. The first-order valence-corrected chi connectivity index (χ1v) is 15.3. The van der Waals surface area contributed by atoms with Crippen molar-refractivity contribution in [2.75, 3.05) is 32.8 Å². The van der Waals surface area contributed by atoms with Crippen LogP contribution in [0.4, 0.5) is 13.2 Å². The summed E-state index contributed by atoms with van der Waals surface area (Å²) in [7, 11) is 0. The van der Waals surface area contributed by atoms with Crippen molar-refractivity contribution in [1.82, 2.24) is 20.9 Å². The molecule has 4 N–H and O–H groups in total. The minimum absolute atomic E-state index is 0.0917. The van der Waals surface area contributed by atoms with E-state index in [9.17, 15) is 22.8 Å². The van der Waals surface area contributed by atoms with Crippen LogP contribution >= 0.6 is 11.3 Å². The van der Waals surface area contributed by atoms with Crippen LogP contribution in [0.25, 0.3) is 0 Å². The molecule has 0 unspecified atom stereocenters. The molecule has 1 aliphatic carbocycles. The Kier molecular flexibility index (Phi) is 11.0. The lowest BCUT2D eigenvalue weighted by atomic mass is 9.92.